The van der Waals surface area contributed by atoms with Crippen molar-refractivity contribution in [2.75, 3.05) is 6.54 Å². The van der Waals surface area contributed by atoms with Crippen molar-refractivity contribution < 1.29 is 18.3 Å². The normalized spacial score (nSPS) is 12.8. The third-order valence-corrected chi connectivity index (χ3v) is 4.82. The molecule has 0 saturated heterocycles. The Kier molecular flexibility index (Phi) is 6.07. The van der Waals surface area contributed by atoms with Crippen LogP contribution in [0.25, 0.3) is 0 Å². The molecule has 1 aromatic heterocycles. The Morgan fingerprint density at radius 1 is 1.33 bits per heavy atom. The Labute approximate surface area is 140 Å². The van der Waals surface area contributed by atoms with Crippen molar-refractivity contribution in [1.29, 1.82) is 0 Å². The lowest BCUT2D eigenvalue weighted by atomic mass is 10.2. The molecule has 0 aliphatic rings. The van der Waals surface area contributed by atoms with E-state index in [1.54, 1.807) is 19.3 Å². The van der Waals surface area contributed by atoms with E-state index < -0.39 is 16.1 Å². The zero-order valence-corrected chi connectivity index (χ0v) is 14.0. The lowest BCUT2D eigenvalue weighted by Gasteiger charge is -2.10. The molecule has 0 spiro atoms. The lowest BCUT2D eigenvalue weighted by molar-refractivity contribution is 0.0950. The van der Waals surface area contributed by atoms with E-state index >= 15 is 0 Å². The second kappa shape index (κ2) is 8.04. The third-order valence-electron chi connectivity index (χ3n) is 3.38. The van der Waals surface area contributed by atoms with Crippen molar-refractivity contribution in [3.63, 3.8) is 0 Å². The van der Waals surface area contributed by atoms with Crippen LogP contribution in [0.2, 0.25) is 0 Å². The summed E-state index contributed by atoms with van der Waals surface area (Å²) < 4.78 is 26.5. The number of amides is 1. The predicted molar refractivity (Wildman–Crippen MR) is 87.7 cm³/mol. The molecule has 1 heterocycles. The summed E-state index contributed by atoms with van der Waals surface area (Å²) in [5, 5.41) is 12.1. The van der Waals surface area contributed by atoms with Crippen LogP contribution >= 0.6 is 0 Å². The number of benzene rings is 1. The third kappa shape index (κ3) is 4.88. The number of aromatic nitrogens is 2. The molecule has 2 aromatic rings. The molecule has 4 N–H and O–H groups in total. The average molecular weight is 352 g/mol. The number of rotatable bonds is 8. The number of hydrogen-bond donors (Lipinski definition) is 4. The molecule has 0 radical (unpaired) electrons. The number of aliphatic hydroxyl groups excluding tert-OH is 1. The molecule has 24 heavy (non-hydrogen) atoms. The molecule has 1 amide bonds. The minimum atomic E-state index is -3.71. The van der Waals surface area contributed by atoms with Crippen molar-refractivity contribution in [2.24, 2.45) is 0 Å². The number of aromatic amines is 1. The van der Waals surface area contributed by atoms with Gasteiger partial charge in [0.25, 0.3) is 5.91 Å². The summed E-state index contributed by atoms with van der Waals surface area (Å²) in [4.78, 5) is 18.9. The molecule has 130 valence electrons. The SMILES string of the molecule is CC[C@H](O)CNS(=O)(=O)c1ccc(C(=O)NCc2ncc[nH]2)cc1. The monoisotopic (exact) mass is 352 g/mol. The second-order valence-corrected chi connectivity index (χ2v) is 6.92. The maximum atomic E-state index is 12.1. The maximum absolute atomic E-state index is 12.1. The number of sulfonamides is 1. The van der Waals surface area contributed by atoms with Gasteiger partial charge in [0.15, 0.2) is 0 Å². The molecule has 0 bridgehead atoms. The minimum absolute atomic E-state index is 0.0355. The molecule has 0 aliphatic carbocycles. The van der Waals surface area contributed by atoms with E-state index in [1.807, 2.05) is 0 Å². The lowest BCUT2D eigenvalue weighted by Crippen LogP contribution is -2.31. The van der Waals surface area contributed by atoms with Gasteiger partial charge >= 0.3 is 0 Å². The molecule has 2 rings (SSSR count). The van der Waals surface area contributed by atoms with Crippen LogP contribution in [-0.4, -0.2) is 42.0 Å². The van der Waals surface area contributed by atoms with Gasteiger partial charge in [0.2, 0.25) is 10.0 Å². The van der Waals surface area contributed by atoms with Crippen LogP contribution in [0.1, 0.15) is 29.5 Å². The van der Waals surface area contributed by atoms with Gasteiger partial charge in [-0.1, -0.05) is 6.92 Å². The molecule has 0 unspecified atom stereocenters. The highest BCUT2D eigenvalue weighted by molar-refractivity contribution is 7.89. The fraction of sp³-hybridized carbons (Fsp3) is 0.333. The Bertz CT molecular complexity index is 757. The summed E-state index contributed by atoms with van der Waals surface area (Å²) in [5.74, 6) is 0.297. The maximum Gasteiger partial charge on any atom is 0.251 e. The highest BCUT2D eigenvalue weighted by atomic mass is 32.2. The van der Waals surface area contributed by atoms with Crippen LogP contribution in [0.5, 0.6) is 0 Å². The van der Waals surface area contributed by atoms with Gasteiger partial charge in [-0.15, -0.1) is 0 Å². The summed E-state index contributed by atoms with van der Waals surface area (Å²) in [5.41, 5.74) is 0.342. The largest absolute Gasteiger partial charge is 0.392 e. The minimum Gasteiger partial charge on any atom is -0.392 e. The standard InChI is InChI=1S/C15H20N4O4S/c1-2-12(20)9-19-24(22,23)13-5-3-11(4-6-13)15(21)18-10-14-16-7-8-17-14/h3-8,12,19-20H,2,9-10H2,1H3,(H,16,17)(H,18,21)/t12-/m0/s1. The summed E-state index contributed by atoms with van der Waals surface area (Å²) in [7, 11) is -3.71. The molecule has 0 saturated carbocycles. The van der Waals surface area contributed by atoms with Gasteiger partial charge in [-0.05, 0) is 30.7 Å². The number of hydrogen-bond acceptors (Lipinski definition) is 5. The number of carbonyl (C=O) groups is 1. The summed E-state index contributed by atoms with van der Waals surface area (Å²) in [6, 6.07) is 5.56. The number of carbonyl (C=O) groups excluding carboxylic acids is 1. The quantitative estimate of drug-likeness (QED) is 0.547. The van der Waals surface area contributed by atoms with Crippen molar-refractivity contribution in [2.45, 2.75) is 30.9 Å². The van der Waals surface area contributed by atoms with E-state index in [4.69, 9.17) is 0 Å². The predicted octanol–water partition coefficient (Wildman–Crippen LogP) is 0.389. The highest BCUT2D eigenvalue weighted by Gasteiger charge is 2.16. The van der Waals surface area contributed by atoms with Crippen molar-refractivity contribution in [3.05, 3.63) is 48.0 Å². The highest BCUT2D eigenvalue weighted by Crippen LogP contribution is 2.11. The van der Waals surface area contributed by atoms with Crippen molar-refractivity contribution in [3.8, 4) is 0 Å². The zero-order valence-electron chi connectivity index (χ0n) is 13.2. The van der Waals surface area contributed by atoms with Gasteiger partial charge in [0.1, 0.15) is 5.82 Å². The molecule has 8 nitrogen and oxygen atoms in total. The first-order valence-corrected chi connectivity index (χ1v) is 8.95. The average Bonchev–Trinajstić information content (AvgIpc) is 3.11. The van der Waals surface area contributed by atoms with Gasteiger partial charge in [0.05, 0.1) is 17.5 Å². The van der Waals surface area contributed by atoms with E-state index in [9.17, 15) is 18.3 Å². The van der Waals surface area contributed by atoms with Crippen LogP contribution in [0.15, 0.2) is 41.6 Å². The van der Waals surface area contributed by atoms with E-state index in [0.717, 1.165) is 0 Å². The fourth-order valence-electron chi connectivity index (χ4n) is 1.88. The number of aliphatic hydroxyl groups is 1. The van der Waals surface area contributed by atoms with E-state index in [1.165, 1.54) is 24.3 Å². The number of imidazole rings is 1. The Hall–Kier alpha value is -2.23. The first-order chi connectivity index (χ1) is 11.4. The fourth-order valence-corrected chi connectivity index (χ4v) is 2.95. The van der Waals surface area contributed by atoms with Crippen molar-refractivity contribution >= 4 is 15.9 Å². The first-order valence-electron chi connectivity index (χ1n) is 7.46. The topological polar surface area (TPSA) is 124 Å². The summed E-state index contributed by atoms with van der Waals surface area (Å²) in [6.07, 6.45) is 2.97. The van der Waals surface area contributed by atoms with Crippen LogP contribution in [0, 0.1) is 0 Å². The van der Waals surface area contributed by atoms with Gasteiger partial charge in [-0.3, -0.25) is 4.79 Å². The number of H-pyrrole nitrogens is 1. The van der Waals surface area contributed by atoms with E-state index in [0.29, 0.717) is 17.8 Å². The molecule has 1 atom stereocenters. The second-order valence-electron chi connectivity index (χ2n) is 5.16. The number of nitrogens with zero attached hydrogens (tertiary/aromatic N) is 1. The zero-order chi connectivity index (χ0) is 17.6. The summed E-state index contributed by atoms with van der Waals surface area (Å²) in [6.45, 7) is 1.96. The summed E-state index contributed by atoms with van der Waals surface area (Å²) >= 11 is 0. The van der Waals surface area contributed by atoms with Crippen LogP contribution in [-0.2, 0) is 16.6 Å². The van der Waals surface area contributed by atoms with Gasteiger partial charge in [-0.25, -0.2) is 18.1 Å². The van der Waals surface area contributed by atoms with Crippen LogP contribution in [0.4, 0.5) is 0 Å². The van der Waals surface area contributed by atoms with Crippen LogP contribution in [0.3, 0.4) is 0 Å². The Morgan fingerprint density at radius 3 is 2.62 bits per heavy atom. The van der Waals surface area contributed by atoms with Gasteiger partial charge in [0, 0.05) is 24.5 Å². The molecule has 0 aliphatic heterocycles. The van der Waals surface area contributed by atoms with E-state index in [-0.39, 0.29) is 23.9 Å². The smallest absolute Gasteiger partial charge is 0.251 e. The van der Waals surface area contributed by atoms with Gasteiger partial charge < -0.3 is 15.4 Å². The molecule has 0 fully saturated rings. The number of nitrogens with one attached hydrogen (secondary N) is 3. The van der Waals surface area contributed by atoms with Crippen molar-refractivity contribution in [1.82, 2.24) is 20.0 Å². The Morgan fingerprint density at radius 2 is 2.04 bits per heavy atom. The Balaban J connectivity index is 1.97. The molecule has 9 heteroatoms. The van der Waals surface area contributed by atoms with Gasteiger partial charge in [-0.2, -0.15) is 0 Å². The molecular formula is C15H20N4O4S. The van der Waals surface area contributed by atoms with E-state index in [2.05, 4.69) is 20.0 Å². The first kappa shape index (κ1) is 18.1. The van der Waals surface area contributed by atoms with Crippen LogP contribution < -0.4 is 10.0 Å². The molecule has 1 aromatic carbocycles. The molecular weight excluding hydrogens is 332 g/mol.